The summed E-state index contributed by atoms with van der Waals surface area (Å²) in [5, 5.41) is 5.59. The topological polar surface area (TPSA) is 70.7 Å². The van der Waals surface area contributed by atoms with E-state index in [2.05, 4.69) is 10.6 Å². The summed E-state index contributed by atoms with van der Waals surface area (Å²) in [6.45, 7) is 1.24. The van der Waals surface area contributed by atoms with Gasteiger partial charge in [0.05, 0.1) is 12.7 Å². The van der Waals surface area contributed by atoms with E-state index in [1.54, 1.807) is 41.3 Å². The van der Waals surface area contributed by atoms with Gasteiger partial charge in [-0.2, -0.15) is 0 Å². The van der Waals surface area contributed by atoms with Crippen molar-refractivity contribution in [2.45, 2.75) is 0 Å². The summed E-state index contributed by atoms with van der Waals surface area (Å²) in [7, 11) is 1.53. The maximum Gasteiger partial charge on any atom is 0.321 e. The van der Waals surface area contributed by atoms with E-state index in [4.69, 9.17) is 4.74 Å². The van der Waals surface area contributed by atoms with Crippen LogP contribution in [0, 0.1) is 0 Å². The number of hydrogen-bond acceptors (Lipinski definition) is 3. The van der Waals surface area contributed by atoms with E-state index in [0.29, 0.717) is 30.1 Å². The van der Waals surface area contributed by atoms with Gasteiger partial charge < -0.3 is 15.4 Å². The molecule has 0 aromatic heterocycles. The predicted molar refractivity (Wildman–Crippen MR) is 88.1 cm³/mol. The Labute approximate surface area is 134 Å². The summed E-state index contributed by atoms with van der Waals surface area (Å²) in [5.74, 6) is 0.255. The maximum atomic E-state index is 12.4. The first-order valence-corrected chi connectivity index (χ1v) is 7.29. The predicted octanol–water partition coefficient (Wildman–Crippen LogP) is 2.48. The van der Waals surface area contributed by atoms with Crippen molar-refractivity contribution in [3.05, 3.63) is 54.1 Å². The van der Waals surface area contributed by atoms with Crippen LogP contribution >= 0.6 is 0 Å². The molecular weight excluding hydrogens is 294 g/mol. The van der Waals surface area contributed by atoms with Crippen LogP contribution in [0.15, 0.2) is 48.5 Å². The van der Waals surface area contributed by atoms with Crippen molar-refractivity contribution in [1.82, 2.24) is 5.32 Å². The fraction of sp³-hybridized carbons (Fsp3) is 0.176. The Hall–Kier alpha value is -3.02. The Bertz CT molecular complexity index is 745. The lowest BCUT2D eigenvalue weighted by Crippen LogP contribution is -2.27. The number of nitrogens with zero attached hydrogens (tertiary/aromatic N) is 1. The molecule has 1 aliphatic heterocycles. The van der Waals surface area contributed by atoms with Gasteiger partial charge in [-0.05, 0) is 30.3 Å². The average molecular weight is 311 g/mol. The second-order valence-electron chi connectivity index (χ2n) is 5.09. The number of nitrogens with one attached hydrogen (secondary N) is 2. The van der Waals surface area contributed by atoms with Crippen LogP contribution < -0.4 is 20.3 Å². The third kappa shape index (κ3) is 3.11. The first kappa shape index (κ1) is 14.9. The summed E-state index contributed by atoms with van der Waals surface area (Å²) in [4.78, 5) is 25.8. The Morgan fingerprint density at radius 3 is 2.78 bits per heavy atom. The molecule has 2 aromatic carbocycles. The number of ether oxygens (including phenoxy) is 1. The van der Waals surface area contributed by atoms with Gasteiger partial charge in [0.25, 0.3) is 5.91 Å². The lowest BCUT2D eigenvalue weighted by Gasteiger charge is -2.16. The molecule has 2 N–H and O–H groups in total. The lowest BCUT2D eigenvalue weighted by atomic mass is 10.1. The molecule has 118 valence electrons. The van der Waals surface area contributed by atoms with Crippen molar-refractivity contribution < 1.29 is 14.3 Å². The van der Waals surface area contributed by atoms with Crippen molar-refractivity contribution in [3.8, 4) is 5.75 Å². The molecule has 1 fully saturated rings. The minimum absolute atomic E-state index is 0.127. The largest absolute Gasteiger partial charge is 0.496 e. The highest BCUT2D eigenvalue weighted by Crippen LogP contribution is 2.23. The van der Waals surface area contributed by atoms with Crippen LogP contribution in [0.5, 0.6) is 5.75 Å². The monoisotopic (exact) mass is 311 g/mol. The molecular formula is C17H17N3O3. The number of rotatable bonds is 4. The van der Waals surface area contributed by atoms with E-state index in [1.807, 2.05) is 12.1 Å². The van der Waals surface area contributed by atoms with Gasteiger partial charge in [-0.25, -0.2) is 4.79 Å². The number of hydrogen-bond donors (Lipinski definition) is 2. The van der Waals surface area contributed by atoms with Crippen molar-refractivity contribution in [2.24, 2.45) is 0 Å². The minimum atomic E-state index is -0.259. The van der Waals surface area contributed by atoms with Crippen molar-refractivity contribution in [3.63, 3.8) is 0 Å². The minimum Gasteiger partial charge on any atom is -0.496 e. The van der Waals surface area contributed by atoms with Gasteiger partial charge in [0.15, 0.2) is 0 Å². The molecule has 0 saturated carbocycles. The highest BCUT2D eigenvalue weighted by Gasteiger charge is 2.21. The van der Waals surface area contributed by atoms with E-state index in [9.17, 15) is 9.59 Å². The molecule has 0 radical (unpaired) electrons. The van der Waals surface area contributed by atoms with Gasteiger partial charge >= 0.3 is 6.03 Å². The SMILES string of the molecule is COc1ccccc1C(=O)Nc1cccc(N2CCNC2=O)c1. The van der Waals surface area contributed by atoms with Crippen LogP contribution in [0.2, 0.25) is 0 Å². The Morgan fingerprint density at radius 1 is 1.22 bits per heavy atom. The zero-order valence-corrected chi connectivity index (χ0v) is 12.7. The van der Waals surface area contributed by atoms with E-state index in [-0.39, 0.29) is 11.9 Å². The number of benzene rings is 2. The molecule has 0 unspecified atom stereocenters. The summed E-state index contributed by atoms with van der Waals surface area (Å²) in [5.41, 5.74) is 1.83. The van der Waals surface area contributed by atoms with Crippen molar-refractivity contribution in [1.29, 1.82) is 0 Å². The number of carbonyl (C=O) groups excluding carboxylic acids is 2. The molecule has 0 spiro atoms. The number of amides is 3. The zero-order valence-electron chi connectivity index (χ0n) is 12.7. The molecule has 0 aliphatic carbocycles. The second kappa shape index (κ2) is 6.39. The van der Waals surface area contributed by atoms with Gasteiger partial charge in [0, 0.05) is 24.5 Å². The third-order valence-corrected chi connectivity index (χ3v) is 3.62. The first-order chi connectivity index (χ1) is 11.2. The molecule has 3 amide bonds. The number of para-hydroxylation sites is 1. The summed E-state index contributed by atoms with van der Waals surface area (Å²) < 4.78 is 5.20. The lowest BCUT2D eigenvalue weighted by molar-refractivity contribution is 0.102. The van der Waals surface area contributed by atoms with Gasteiger partial charge in [-0.15, -0.1) is 0 Å². The molecule has 0 atom stereocenters. The van der Waals surface area contributed by atoms with Crippen LogP contribution in [0.25, 0.3) is 0 Å². The Balaban J connectivity index is 1.80. The van der Waals surface area contributed by atoms with Gasteiger partial charge in [-0.1, -0.05) is 18.2 Å². The molecule has 0 bridgehead atoms. The second-order valence-corrected chi connectivity index (χ2v) is 5.09. The van der Waals surface area contributed by atoms with Crippen molar-refractivity contribution in [2.75, 3.05) is 30.4 Å². The first-order valence-electron chi connectivity index (χ1n) is 7.29. The highest BCUT2D eigenvalue weighted by atomic mass is 16.5. The molecule has 6 heteroatoms. The third-order valence-electron chi connectivity index (χ3n) is 3.62. The molecule has 1 heterocycles. The van der Waals surface area contributed by atoms with E-state index < -0.39 is 0 Å². The van der Waals surface area contributed by atoms with Gasteiger partial charge in [0.1, 0.15) is 5.75 Å². The summed E-state index contributed by atoms with van der Waals surface area (Å²) >= 11 is 0. The number of anilines is 2. The number of urea groups is 1. The number of carbonyl (C=O) groups is 2. The van der Waals surface area contributed by atoms with Gasteiger partial charge in [-0.3, -0.25) is 9.69 Å². The molecule has 3 rings (SSSR count). The molecule has 1 saturated heterocycles. The molecule has 2 aromatic rings. The number of methoxy groups -OCH3 is 1. The Kier molecular flexibility index (Phi) is 4.14. The fourth-order valence-electron chi connectivity index (χ4n) is 2.50. The standard InChI is InChI=1S/C17H17N3O3/c1-23-15-8-3-2-7-14(15)16(21)19-12-5-4-6-13(11-12)20-10-9-18-17(20)22/h2-8,11H,9-10H2,1H3,(H,18,22)(H,19,21). The zero-order chi connectivity index (χ0) is 16.2. The fourth-order valence-corrected chi connectivity index (χ4v) is 2.50. The summed E-state index contributed by atoms with van der Waals surface area (Å²) in [6.07, 6.45) is 0. The van der Waals surface area contributed by atoms with Crippen LogP contribution in [0.1, 0.15) is 10.4 Å². The maximum absolute atomic E-state index is 12.4. The van der Waals surface area contributed by atoms with E-state index in [1.165, 1.54) is 7.11 Å². The molecule has 6 nitrogen and oxygen atoms in total. The molecule has 1 aliphatic rings. The van der Waals surface area contributed by atoms with Crippen LogP contribution in [0.3, 0.4) is 0 Å². The smallest absolute Gasteiger partial charge is 0.321 e. The van der Waals surface area contributed by atoms with Crippen LogP contribution in [-0.2, 0) is 0 Å². The van der Waals surface area contributed by atoms with Crippen LogP contribution in [0.4, 0.5) is 16.2 Å². The Morgan fingerprint density at radius 2 is 2.04 bits per heavy atom. The van der Waals surface area contributed by atoms with E-state index >= 15 is 0 Å². The van der Waals surface area contributed by atoms with Crippen LogP contribution in [-0.4, -0.2) is 32.1 Å². The van der Waals surface area contributed by atoms with Gasteiger partial charge in [0.2, 0.25) is 0 Å². The highest BCUT2D eigenvalue weighted by molar-refractivity contribution is 6.06. The molecule has 23 heavy (non-hydrogen) atoms. The normalized spacial score (nSPS) is 13.6. The van der Waals surface area contributed by atoms with Crippen molar-refractivity contribution >= 4 is 23.3 Å². The van der Waals surface area contributed by atoms with E-state index in [0.717, 1.165) is 5.69 Å². The average Bonchev–Trinajstić information content (AvgIpc) is 3.01. The quantitative estimate of drug-likeness (QED) is 0.911. The summed E-state index contributed by atoms with van der Waals surface area (Å²) in [6, 6.07) is 14.1.